The quantitative estimate of drug-likeness (QED) is 0.635. The molecule has 0 radical (unpaired) electrons. The number of ether oxygens (including phenoxy) is 1. The van der Waals surface area contributed by atoms with Crippen molar-refractivity contribution in [3.8, 4) is 5.75 Å². The first kappa shape index (κ1) is 15.1. The van der Waals surface area contributed by atoms with Gasteiger partial charge in [0.25, 0.3) is 0 Å². The van der Waals surface area contributed by atoms with Crippen LogP contribution in [0.5, 0.6) is 5.75 Å². The van der Waals surface area contributed by atoms with Crippen LogP contribution in [0, 0.1) is 5.21 Å². The minimum atomic E-state index is -0.273. The Morgan fingerprint density at radius 2 is 1.50 bits per heavy atom. The molecular formula is C19H23NO2. The highest BCUT2D eigenvalue weighted by atomic mass is 16.5. The average Bonchev–Trinajstić information content (AvgIpc) is 2.53. The van der Waals surface area contributed by atoms with Crippen LogP contribution in [0.15, 0.2) is 60.7 Å². The topological polar surface area (TPSA) is 32.3 Å². The molecule has 2 aromatic rings. The van der Waals surface area contributed by atoms with E-state index in [4.69, 9.17) is 4.74 Å². The van der Waals surface area contributed by atoms with Crippen LogP contribution in [0.4, 0.5) is 0 Å². The summed E-state index contributed by atoms with van der Waals surface area (Å²) in [5.74, 6) is 0.889. The Hall–Kier alpha value is -1.84. The van der Waals surface area contributed by atoms with E-state index in [1.54, 1.807) is 7.05 Å². The third kappa shape index (κ3) is 3.67. The van der Waals surface area contributed by atoms with Crippen LogP contribution < -0.4 is 4.74 Å². The summed E-state index contributed by atoms with van der Waals surface area (Å²) in [4.78, 5) is 0. The normalized spacial score (nSPS) is 28.3. The lowest BCUT2D eigenvalue weighted by Gasteiger charge is -2.49. The molecule has 1 aliphatic rings. The molecule has 1 heterocycles. The van der Waals surface area contributed by atoms with Crippen LogP contribution in [-0.2, 0) is 6.42 Å². The van der Waals surface area contributed by atoms with Gasteiger partial charge >= 0.3 is 0 Å². The number of nitrogens with zero attached hydrogens (tertiary/aromatic N) is 1. The van der Waals surface area contributed by atoms with Gasteiger partial charge in [-0.2, -0.15) is 0 Å². The zero-order valence-electron chi connectivity index (χ0n) is 13.1. The monoisotopic (exact) mass is 297 g/mol. The molecule has 0 amide bonds. The van der Waals surface area contributed by atoms with Crippen molar-refractivity contribution in [2.45, 2.75) is 24.9 Å². The number of quaternary nitrogens is 1. The molecule has 0 saturated carbocycles. The first-order chi connectivity index (χ1) is 10.6. The van der Waals surface area contributed by atoms with E-state index in [-0.39, 0.29) is 10.2 Å². The lowest BCUT2D eigenvalue weighted by Crippen LogP contribution is -2.54. The summed E-state index contributed by atoms with van der Waals surface area (Å²) in [5, 5.41) is 12.2. The number of hydrogen-bond acceptors (Lipinski definition) is 2. The lowest BCUT2D eigenvalue weighted by molar-refractivity contribution is -0.868. The maximum Gasteiger partial charge on any atom is 0.124 e. The number of rotatable bonds is 4. The Morgan fingerprint density at radius 1 is 0.955 bits per heavy atom. The second-order valence-electron chi connectivity index (χ2n) is 6.50. The largest absolute Gasteiger partial charge is 0.633 e. The predicted molar refractivity (Wildman–Crippen MR) is 88.5 cm³/mol. The van der Waals surface area contributed by atoms with E-state index in [1.165, 1.54) is 5.56 Å². The van der Waals surface area contributed by atoms with Gasteiger partial charge in [0.15, 0.2) is 0 Å². The molecule has 1 aliphatic heterocycles. The van der Waals surface area contributed by atoms with E-state index in [2.05, 4.69) is 24.3 Å². The van der Waals surface area contributed by atoms with Gasteiger partial charge in [0.1, 0.15) is 11.4 Å². The van der Waals surface area contributed by atoms with Gasteiger partial charge < -0.3 is 14.6 Å². The van der Waals surface area contributed by atoms with Crippen LogP contribution in [0.2, 0.25) is 0 Å². The molecule has 0 unspecified atom stereocenters. The smallest absolute Gasteiger partial charge is 0.124 e. The molecule has 0 N–H and O–H groups in total. The summed E-state index contributed by atoms with van der Waals surface area (Å²) >= 11 is 0. The van der Waals surface area contributed by atoms with Crippen LogP contribution in [-0.4, -0.2) is 30.4 Å². The summed E-state index contributed by atoms with van der Waals surface area (Å²) in [6, 6.07) is 20.4. The predicted octanol–water partition coefficient (Wildman–Crippen LogP) is 3.79. The highest BCUT2D eigenvalue weighted by molar-refractivity contribution is 5.24. The first-order valence-electron chi connectivity index (χ1n) is 7.91. The van der Waals surface area contributed by atoms with Crippen molar-refractivity contribution in [2.75, 3.05) is 20.1 Å². The molecule has 0 aromatic heterocycles. The van der Waals surface area contributed by atoms with Gasteiger partial charge in [-0.25, -0.2) is 0 Å². The summed E-state index contributed by atoms with van der Waals surface area (Å²) in [6.45, 7) is 1.22. The molecule has 116 valence electrons. The fraction of sp³-hybridized carbons (Fsp3) is 0.368. The zero-order chi connectivity index (χ0) is 15.5. The van der Waals surface area contributed by atoms with Gasteiger partial charge in [0, 0.05) is 19.3 Å². The van der Waals surface area contributed by atoms with E-state index in [1.807, 2.05) is 36.4 Å². The third-order valence-electron chi connectivity index (χ3n) is 4.53. The van der Waals surface area contributed by atoms with Crippen molar-refractivity contribution >= 4 is 0 Å². The van der Waals surface area contributed by atoms with E-state index >= 15 is 0 Å². The molecule has 0 bridgehead atoms. The Kier molecular flexibility index (Phi) is 4.19. The molecule has 2 aromatic carbocycles. The SMILES string of the molecule is C[N+]1([O-])CCC(Cc2ccccc2)(Oc2ccccc2)CC1. The van der Waals surface area contributed by atoms with E-state index < -0.39 is 0 Å². The highest BCUT2D eigenvalue weighted by Gasteiger charge is 2.39. The number of benzene rings is 2. The van der Waals surface area contributed by atoms with E-state index in [0.29, 0.717) is 13.1 Å². The molecule has 0 spiro atoms. The number of hydrogen-bond donors (Lipinski definition) is 0. The second-order valence-corrected chi connectivity index (χ2v) is 6.50. The van der Waals surface area contributed by atoms with Crippen LogP contribution in [0.1, 0.15) is 18.4 Å². The summed E-state index contributed by atoms with van der Waals surface area (Å²) in [7, 11) is 1.76. The summed E-state index contributed by atoms with van der Waals surface area (Å²) < 4.78 is 6.23. The number of likely N-dealkylation sites (tertiary alicyclic amines) is 1. The lowest BCUT2D eigenvalue weighted by atomic mass is 9.84. The van der Waals surface area contributed by atoms with Gasteiger partial charge in [-0.3, -0.25) is 0 Å². The highest BCUT2D eigenvalue weighted by Crippen LogP contribution is 2.33. The standard InChI is InChI=1S/C19H23NO2/c1-20(21)14-12-19(13-15-20,16-17-8-4-2-5-9-17)22-18-10-6-3-7-11-18/h2-11H,12-16H2,1H3. The average molecular weight is 297 g/mol. The minimum Gasteiger partial charge on any atom is -0.633 e. The van der Waals surface area contributed by atoms with Crippen LogP contribution >= 0.6 is 0 Å². The van der Waals surface area contributed by atoms with Gasteiger partial charge in [-0.05, 0) is 17.7 Å². The Bertz CT molecular complexity index is 542. The van der Waals surface area contributed by atoms with Crippen molar-refractivity contribution in [3.63, 3.8) is 0 Å². The molecule has 3 heteroatoms. The van der Waals surface area contributed by atoms with Gasteiger partial charge in [-0.1, -0.05) is 48.5 Å². The maximum atomic E-state index is 12.2. The van der Waals surface area contributed by atoms with E-state index in [9.17, 15) is 5.21 Å². The van der Waals surface area contributed by atoms with Crippen molar-refractivity contribution < 1.29 is 9.38 Å². The fourth-order valence-corrected chi connectivity index (χ4v) is 3.14. The van der Waals surface area contributed by atoms with Crippen molar-refractivity contribution in [1.82, 2.24) is 0 Å². The summed E-state index contributed by atoms with van der Waals surface area (Å²) in [6.07, 6.45) is 2.43. The molecule has 3 rings (SSSR count). The van der Waals surface area contributed by atoms with Crippen molar-refractivity contribution in [2.24, 2.45) is 0 Å². The molecule has 1 saturated heterocycles. The molecule has 0 atom stereocenters. The number of piperidine rings is 1. The minimum absolute atomic E-state index is 0.158. The van der Waals surface area contributed by atoms with Crippen molar-refractivity contribution in [1.29, 1.82) is 0 Å². The maximum absolute atomic E-state index is 12.2. The second kappa shape index (κ2) is 6.11. The fourth-order valence-electron chi connectivity index (χ4n) is 3.14. The molecular weight excluding hydrogens is 274 g/mol. The van der Waals surface area contributed by atoms with E-state index in [0.717, 1.165) is 25.0 Å². The van der Waals surface area contributed by atoms with Crippen LogP contribution in [0.25, 0.3) is 0 Å². The van der Waals surface area contributed by atoms with Gasteiger partial charge in [-0.15, -0.1) is 0 Å². The Morgan fingerprint density at radius 3 is 2.09 bits per heavy atom. The first-order valence-corrected chi connectivity index (χ1v) is 7.91. The molecule has 1 fully saturated rings. The molecule has 3 nitrogen and oxygen atoms in total. The van der Waals surface area contributed by atoms with Gasteiger partial charge in [0.05, 0.1) is 20.1 Å². The molecule has 22 heavy (non-hydrogen) atoms. The zero-order valence-corrected chi connectivity index (χ0v) is 13.1. The van der Waals surface area contributed by atoms with Crippen LogP contribution in [0.3, 0.4) is 0 Å². The number of hydroxylamine groups is 3. The third-order valence-corrected chi connectivity index (χ3v) is 4.53. The Labute approximate surface area is 132 Å². The van der Waals surface area contributed by atoms with Gasteiger partial charge in [0.2, 0.25) is 0 Å². The van der Waals surface area contributed by atoms with Crippen molar-refractivity contribution in [3.05, 3.63) is 71.4 Å². The molecule has 0 aliphatic carbocycles. The Balaban J connectivity index is 1.82. The number of para-hydroxylation sites is 1. The summed E-state index contributed by atoms with van der Waals surface area (Å²) in [5.41, 5.74) is 0.991.